The van der Waals surface area contributed by atoms with Gasteiger partial charge in [0.25, 0.3) is 0 Å². The van der Waals surface area contributed by atoms with E-state index in [1.165, 1.54) is 0 Å². The Bertz CT molecular complexity index is 394. The van der Waals surface area contributed by atoms with Crippen molar-refractivity contribution in [2.45, 2.75) is 52.5 Å². The smallest absolute Gasteiger partial charge is 0.227 e. The van der Waals surface area contributed by atoms with Crippen LogP contribution >= 0.6 is 0 Å². The van der Waals surface area contributed by atoms with Gasteiger partial charge in [0.1, 0.15) is 0 Å². The number of carbonyl (C=O) groups is 1. The molecule has 2 rings (SSSR count). The van der Waals surface area contributed by atoms with Gasteiger partial charge in [0.05, 0.1) is 12.0 Å². The van der Waals surface area contributed by atoms with Crippen LogP contribution in [0.25, 0.3) is 0 Å². The minimum Gasteiger partial charge on any atom is -0.396 e. The lowest BCUT2D eigenvalue weighted by molar-refractivity contribution is -0.139. The van der Waals surface area contributed by atoms with E-state index in [1.807, 2.05) is 33.8 Å². The number of hydrogen-bond acceptors (Lipinski definition) is 2. The quantitative estimate of drug-likeness (QED) is 0.767. The summed E-state index contributed by atoms with van der Waals surface area (Å²) in [5.41, 5.74) is -0.883. The number of amides is 1. The zero-order valence-corrected chi connectivity index (χ0v) is 12.6. The van der Waals surface area contributed by atoms with Crippen LogP contribution in [0.5, 0.6) is 0 Å². The van der Waals surface area contributed by atoms with Gasteiger partial charge in [-0.1, -0.05) is 6.08 Å². The molecule has 19 heavy (non-hydrogen) atoms. The Hall–Kier alpha value is -0.830. The number of allylic oxidation sites excluding steroid dienone is 1. The highest BCUT2D eigenvalue weighted by Gasteiger charge is 2.74. The van der Waals surface area contributed by atoms with Crippen molar-refractivity contribution in [1.29, 1.82) is 0 Å². The summed E-state index contributed by atoms with van der Waals surface area (Å²) in [7, 11) is 0. The molecule has 3 nitrogen and oxygen atoms in total. The molecule has 0 spiro atoms. The Morgan fingerprint density at radius 2 is 2.16 bits per heavy atom. The van der Waals surface area contributed by atoms with Crippen molar-refractivity contribution < 1.29 is 9.90 Å². The van der Waals surface area contributed by atoms with Crippen molar-refractivity contribution in [2.24, 2.45) is 22.7 Å². The maximum absolute atomic E-state index is 12.8. The molecule has 4 atom stereocenters. The second-order valence-corrected chi connectivity index (χ2v) is 7.58. The SMILES string of the molecule is C=CCC1C[C@@H]2C[C@]2(CO)C1(C)C(=O)NC(C)(C)C. The van der Waals surface area contributed by atoms with E-state index in [2.05, 4.69) is 11.9 Å². The number of carbonyl (C=O) groups excluding carboxylic acids is 1. The normalized spacial score (nSPS) is 40.7. The highest BCUT2D eigenvalue weighted by atomic mass is 16.3. The standard InChI is InChI=1S/C16H27NO2/c1-6-7-11-8-12-9-16(12,10-18)15(11,5)13(19)17-14(2,3)4/h6,11-12,18H,1,7-10H2,2-5H3,(H,17,19)/t11?,12-,15?,16-/m1/s1. The number of fused-ring (bicyclic) bond motifs is 1. The van der Waals surface area contributed by atoms with Gasteiger partial charge < -0.3 is 10.4 Å². The third kappa shape index (κ3) is 2.03. The average Bonchev–Trinajstić information content (AvgIpc) is 2.94. The van der Waals surface area contributed by atoms with Gasteiger partial charge in [-0.15, -0.1) is 6.58 Å². The maximum Gasteiger partial charge on any atom is 0.227 e. The number of hydrogen-bond donors (Lipinski definition) is 2. The first-order chi connectivity index (χ1) is 8.71. The molecule has 0 heterocycles. The molecule has 1 amide bonds. The summed E-state index contributed by atoms with van der Waals surface area (Å²) >= 11 is 0. The molecule has 0 aromatic rings. The molecule has 2 saturated carbocycles. The molecular formula is C16H27NO2. The zero-order chi connectivity index (χ0) is 14.5. The van der Waals surface area contributed by atoms with E-state index in [4.69, 9.17) is 0 Å². The summed E-state index contributed by atoms with van der Waals surface area (Å²) in [5, 5.41) is 13.0. The van der Waals surface area contributed by atoms with E-state index >= 15 is 0 Å². The Kier molecular flexibility index (Phi) is 3.33. The van der Waals surface area contributed by atoms with Crippen LogP contribution in [-0.4, -0.2) is 23.2 Å². The van der Waals surface area contributed by atoms with Gasteiger partial charge in [-0.2, -0.15) is 0 Å². The summed E-state index contributed by atoms with van der Waals surface area (Å²) in [4.78, 5) is 12.8. The van der Waals surface area contributed by atoms with E-state index in [1.54, 1.807) is 0 Å². The topological polar surface area (TPSA) is 49.3 Å². The number of aliphatic hydroxyl groups is 1. The van der Waals surface area contributed by atoms with E-state index in [9.17, 15) is 9.90 Å². The first-order valence-corrected chi connectivity index (χ1v) is 7.25. The largest absolute Gasteiger partial charge is 0.396 e. The molecule has 2 unspecified atom stereocenters. The summed E-state index contributed by atoms with van der Waals surface area (Å²) in [6.45, 7) is 12.0. The fourth-order valence-electron chi connectivity index (χ4n) is 4.08. The van der Waals surface area contributed by atoms with Crippen LogP contribution in [-0.2, 0) is 4.79 Å². The van der Waals surface area contributed by atoms with Crippen LogP contribution < -0.4 is 5.32 Å². The average molecular weight is 265 g/mol. The summed E-state index contributed by atoms with van der Waals surface area (Å²) in [6.07, 6.45) is 4.79. The van der Waals surface area contributed by atoms with Gasteiger partial charge in [-0.05, 0) is 58.8 Å². The van der Waals surface area contributed by atoms with Crippen LogP contribution in [0.1, 0.15) is 47.0 Å². The fourth-order valence-corrected chi connectivity index (χ4v) is 4.08. The van der Waals surface area contributed by atoms with E-state index in [-0.39, 0.29) is 23.5 Å². The van der Waals surface area contributed by atoms with Gasteiger partial charge >= 0.3 is 0 Å². The minimum atomic E-state index is -0.464. The van der Waals surface area contributed by atoms with Gasteiger partial charge in [0.2, 0.25) is 5.91 Å². The Balaban J connectivity index is 2.29. The second kappa shape index (κ2) is 4.34. The highest BCUT2D eigenvalue weighted by molar-refractivity contribution is 5.85. The van der Waals surface area contributed by atoms with Crippen LogP contribution in [0.3, 0.4) is 0 Å². The van der Waals surface area contributed by atoms with Crippen LogP contribution in [0, 0.1) is 22.7 Å². The molecule has 108 valence electrons. The summed E-state index contributed by atoms with van der Waals surface area (Å²) in [5.74, 6) is 0.914. The molecule has 0 aliphatic heterocycles. The Morgan fingerprint density at radius 3 is 2.63 bits per heavy atom. The minimum absolute atomic E-state index is 0.0981. The Labute approximate surface area is 116 Å². The fraction of sp³-hybridized carbons (Fsp3) is 0.812. The van der Waals surface area contributed by atoms with Crippen molar-refractivity contribution in [3.05, 3.63) is 12.7 Å². The molecule has 0 aromatic carbocycles. The number of aliphatic hydroxyl groups excluding tert-OH is 1. The summed E-state index contributed by atoms with van der Waals surface area (Å²) < 4.78 is 0. The molecular weight excluding hydrogens is 238 g/mol. The molecule has 0 radical (unpaired) electrons. The van der Waals surface area contributed by atoms with Crippen molar-refractivity contribution in [2.75, 3.05) is 6.61 Å². The van der Waals surface area contributed by atoms with Gasteiger partial charge in [-0.3, -0.25) is 4.79 Å². The number of rotatable bonds is 4. The molecule has 3 heteroatoms. The van der Waals surface area contributed by atoms with Gasteiger partial charge in [0.15, 0.2) is 0 Å². The summed E-state index contributed by atoms with van der Waals surface area (Å²) in [6, 6.07) is 0. The monoisotopic (exact) mass is 265 g/mol. The molecule has 0 saturated heterocycles. The van der Waals surface area contributed by atoms with Gasteiger partial charge in [-0.25, -0.2) is 0 Å². The molecule has 2 N–H and O–H groups in total. The highest BCUT2D eigenvalue weighted by Crippen LogP contribution is 2.74. The lowest BCUT2D eigenvalue weighted by atomic mass is 9.67. The predicted octanol–water partition coefficient (Wildman–Crippen LogP) is 2.50. The van der Waals surface area contributed by atoms with Crippen molar-refractivity contribution in [1.82, 2.24) is 5.32 Å². The van der Waals surface area contributed by atoms with Crippen LogP contribution in [0.15, 0.2) is 12.7 Å². The van der Waals surface area contributed by atoms with Crippen molar-refractivity contribution in [3.8, 4) is 0 Å². The third-order valence-electron chi connectivity index (χ3n) is 5.35. The molecule has 2 fully saturated rings. The van der Waals surface area contributed by atoms with Crippen molar-refractivity contribution >= 4 is 5.91 Å². The van der Waals surface area contributed by atoms with E-state index in [0.29, 0.717) is 11.8 Å². The molecule has 2 aliphatic carbocycles. The van der Waals surface area contributed by atoms with Crippen LogP contribution in [0.2, 0.25) is 0 Å². The lowest BCUT2D eigenvalue weighted by Crippen LogP contribution is -2.53. The molecule has 0 bridgehead atoms. The molecule has 0 aromatic heterocycles. The zero-order valence-electron chi connectivity index (χ0n) is 12.6. The first kappa shape index (κ1) is 14.6. The first-order valence-electron chi connectivity index (χ1n) is 7.25. The van der Waals surface area contributed by atoms with Crippen molar-refractivity contribution in [3.63, 3.8) is 0 Å². The Morgan fingerprint density at radius 1 is 1.53 bits per heavy atom. The predicted molar refractivity (Wildman–Crippen MR) is 76.5 cm³/mol. The maximum atomic E-state index is 12.8. The van der Waals surface area contributed by atoms with Crippen LogP contribution in [0.4, 0.5) is 0 Å². The number of nitrogens with one attached hydrogen (secondary N) is 1. The second-order valence-electron chi connectivity index (χ2n) is 7.58. The van der Waals surface area contributed by atoms with E-state index in [0.717, 1.165) is 19.3 Å². The lowest BCUT2D eigenvalue weighted by Gasteiger charge is -2.40. The van der Waals surface area contributed by atoms with E-state index < -0.39 is 5.41 Å². The van der Waals surface area contributed by atoms with Gasteiger partial charge in [0, 0.05) is 11.0 Å². The third-order valence-corrected chi connectivity index (χ3v) is 5.35. The molecule has 2 aliphatic rings.